The van der Waals surface area contributed by atoms with Gasteiger partial charge in [-0.15, -0.1) is 10.2 Å². The fourth-order valence-corrected chi connectivity index (χ4v) is 4.55. The Hall–Kier alpha value is -3.57. The fraction of sp³-hybridized carbons (Fsp3) is 0.150. The van der Waals surface area contributed by atoms with Crippen LogP contribution >= 0.6 is 23.6 Å². The summed E-state index contributed by atoms with van der Waals surface area (Å²) in [5, 5.41) is 24.7. The predicted octanol–water partition coefficient (Wildman–Crippen LogP) is 3.42. The van der Waals surface area contributed by atoms with Crippen LogP contribution in [0.15, 0.2) is 64.6 Å². The van der Waals surface area contributed by atoms with Crippen molar-refractivity contribution in [3.63, 3.8) is 0 Å². The predicted molar refractivity (Wildman–Crippen MR) is 123 cm³/mol. The monoisotopic (exact) mass is 449 g/mol. The lowest BCUT2D eigenvalue weighted by Gasteiger charge is -2.29. The van der Waals surface area contributed by atoms with Crippen LogP contribution in [0.3, 0.4) is 0 Å². The number of aryl methyl sites for hydroxylation is 1. The molecule has 1 aromatic heterocycles. The first-order valence-corrected chi connectivity index (χ1v) is 10.6. The minimum atomic E-state index is -0.437. The maximum Gasteiger partial charge on any atom is 0.269 e. The maximum atomic E-state index is 11.3. The minimum Gasteiger partial charge on any atom is -0.351 e. The van der Waals surface area contributed by atoms with Crippen LogP contribution in [0.5, 0.6) is 0 Å². The van der Waals surface area contributed by atoms with E-state index >= 15 is 0 Å². The lowest BCUT2D eigenvalue weighted by atomic mass is 9.97. The van der Waals surface area contributed by atoms with Gasteiger partial charge in [0, 0.05) is 17.7 Å². The highest BCUT2D eigenvalue weighted by atomic mass is 32.1. The first kappa shape index (κ1) is 19.4. The summed E-state index contributed by atoms with van der Waals surface area (Å²) in [5.41, 5.74) is 1.62. The standard InChI is InChI=1S/C20H15N7O2S2/c1-11-24-25-20(31-11)26-17(12-6-3-2-4-7-12)21-16-15(22-19(30)23-18(16)26)13-8-5-9-14(10-13)27(28)29/h2-10,15-16H,1H3,(H,22,30)/t15-,16-/m1/s1. The van der Waals surface area contributed by atoms with Gasteiger partial charge in [-0.2, -0.15) is 0 Å². The van der Waals surface area contributed by atoms with E-state index in [-0.39, 0.29) is 5.69 Å². The number of anilines is 1. The van der Waals surface area contributed by atoms with Gasteiger partial charge >= 0.3 is 0 Å². The van der Waals surface area contributed by atoms with Crippen molar-refractivity contribution in [2.24, 2.45) is 9.98 Å². The van der Waals surface area contributed by atoms with Gasteiger partial charge in [0.05, 0.1) is 11.0 Å². The van der Waals surface area contributed by atoms with Gasteiger partial charge in [0.2, 0.25) is 5.13 Å². The van der Waals surface area contributed by atoms with Gasteiger partial charge in [-0.1, -0.05) is 53.8 Å². The summed E-state index contributed by atoms with van der Waals surface area (Å²) in [5.74, 6) is 1.30. The third-order valence-corrected chi connectivity index (χ3v) is 5.99. The van der Waals surface area contributed by atoms with E-state index in [9.17, 15) is 10.1 Å². The molecule has 0 bridgehead atoms. The van der Waals surface area contributed by atoms with Crippen LogP contribution < -0.4 is 10.2 Å². The fourth-order valence-electron chi connectivity index (χ4n) is 3.63. The van der Waals surface area contributed by atoms with Crippen molar-refractivity contribution in [1.29, 1.82) is 0 Å². The Bertz CT molecular complexity index is 1260. The molecule has 2 aliphatic rings. The van der Waals surface area contributed by atoms with E-state index in [1.807, 2.05) is 48.2 Å². The summed E-state index contributed by atoms with van der Waals surface area (Å²) in [7, 11) is 0. The molecule has 0 saturated heterocycles. The van der Waals surface area contributed by atoms with Gasteiger partial charge in [0.15, 0.2) is 5.11 Å². The van der Waals surface area contributed by atoms with Crippen molar-refractivity contribution in [2.45, 2.75) is 19.0 Å². The normalized spacial score (nSPS) is 20.0. The van der Waals surface area contributed by atoms with E-state index < -0.39 is 17.0 Å². The van der Waals surface area contributed by atoms with Crippen LogP contribution in [0.25, 0.3) is 0 Å². The number of aromatic nitrogens is 2. The first-order valence-electron chi connectivity index (χ1n) is 9.38. The Morgan fingerprint density at radius 2 is 1.97 bits per heavy atom. The van der Waals surface area contributed by atoms with Crippen LogP contribution in [0.1, 0.15) is 22.2 Å². The zero-order valence-electron chi connectivity index (χ0n) is 16.2. The number of hydrogen-bond donors (Lipinski definition) is 1. The molecular weight excluding hydrogens is 434 g/mol. The number of nitrogens with one attached hydrogen (secondary N) is 1. The van der Waals surface area contributed by atoms with Gasteiger partial charge in [-0.05, 0) is 24.7 Å². The molecule has 11 heteroatoms. The number of nitro benzene ring substituents is 1. The molecule has 2 atom stereocenters. The van der Waals surface area contributed by atoms with Gasteiger partial charge < -0.3 is 5.32 Å². The third kappa shape index (κ3) is 3.47. The van der Waals surface area contributed by atoms with Crippen LogP contribution in [0, 0.1) is 17.0 Å². The number of rotatable bonds is 4. The first-order chi connectivity index (χ1) is 15.0. The summed E-state index contributed by atoms with van der Waals surface area (Å²) in [4.78, 5) is 22.3. The van der Waals surface area contributed by atoms with Gasteiger partial charge in [0.25, 0.3) is 5.69 Å². The lowest BCUT2D eigenvalue weighted by molar-refractivity contribution is -0.384. The van der Waals surface area contributed by atoms with E-state index in [1.54, 1.807) is 12.1 Å². The third-order valence-electron chi connectivity index (χ3n) is 4.96. The molecule has 5 rings (SSSR count). The molecule has 0 radical (unpaired) electrons. The number of amidine groups is 2. The molecular formula is C20H15N7O2S2. The second-order valence-corrected chi connectivity index (χ2v) is 8.50. The molecule has 31 heavy (non-hydrogen) atoms. The average molecular weight is 450 g/mol. The van der Waals surface area contributed by atoms with Crippen LogP contribution in [-0.2, 0) is 0 Å². The summed E-state index contributed by atoms with van der Waals surface area (Å²) in [6.45, 7) is 1.88. The van der Waals surface area contributed by atoms with Gasteiger partial charge in [-0.3, -0.25) is 20.0 Å². The van der Waals surface area contributed by atoms with Crippen molar-refractivity contribution in [2.75, 3.05) is 4.90 Å². The highest BCUT2D eigenvalue weighted by molar-refractivity contribution is 7.80. The summed E-state index contributed by atoms with van der Waals surface area (Å²) in [6.07, 6.45) is 0. The molecule has 2 aromatic carbocycles. The molecule has 9 nitrogen and oxygen atoms in total. The SMILES string of the molecule is Cc1nnc(N2C(c3ccccc3)=N[C@H]3C2=NC(=S)N[C@@H]3c2cccc([N+](=O)[O-])c2)s1. The maximum absolute atomic E-state index is 11.3. The molecule has 0 saturated carbocycles. The average Bonchev–Trinajstić information content (AvgIpc) is 3.37. The van der Waals surface area contributed by atoms with E-state index in [1.165, 1.54) is 17.4 Å². The highest BCUT2D eigenvalue weighted by Gasteiger charge is 2.44. The van der Waals surface area contributed by atoms with Gasteiger partial charge in [-0.25, -0.2) is 4.99 Å². The van der Waals surface area contributed by atoms with E-state index in [2.05, 4.69) is 20.5 Å². The van der Waals surface area contributed by atoms with E-state index in [0.29, 0.717) is 27.5 Å². The van der Waals surface area contributed by atoms with Crippen molar-refractivity contribution in [3.8, 4) is 0 Å². The number of aliphatic imine (C=N–C) groups is 2. The Balaban J connectivity index is 1.65. The summed E-state index contributed by atoms with van der Waals surface area (Å²) < 4.78 is 0. The largest absolute Gasteiger partial charge is 0.351 e. The smallest absolute Gasteiger partial charge is 0.269 e. The molecule has 3 aromatic rings. The number of hydrogen-bond acceptors (Lipinski definition) is 8. The topological polar surface area (TPSA) is 109 Å². The Kier molecular flexibility index (Phi) is 4.75. The van der Waals surface area contributed by atoms with Crippen molar-refractivity contribution >= 4 is 51.2 Å². The van der Waals surface area contributed by atoms with Crippen molar-refractivity contribution in [1.82, 2.24) is 15.5 Å². The van der Waals surface area contributed by atoms with Crippen molar-refractivity contribution < 1.29 is 4.92 Å². The molecule has 0 unspecified atom stereocenters. The molecule has 3 heterocycles. The molecule has 0 fully saturated rings. The quantitative estimate of drug-likeness (QED) is 0.369. The lowest BCUT2D eigenvalue weighted by Crippen LogP contribution is -2.47. The molecule has 0 spiro atoms. The summed E-state index contributed by atoms with van der Waals surface area (Å²) >= 11 is 6.84. The molecule has 1 N–H and O–H groups in total. The molecule has 0 amide bonds. The van der Waals surface area contributed by atoms with Crippen LogP contribution in [-0.4, -0.2) is 37.9 Å². The highest BCUT2D eigenvalue weighted by Crippen LogP contribution is 2.35. The minimum absolute atomic E-state index is 0.0103. The van der Waals surface area contributed by atoms with Crippen LogP contribution in [0.2, 0.25) is 0 Å². The van der Waals surface area contributed by atoms with Crippen molar-refractivity contribution in [3.05, 3.63) is 80.8 Å². The molecule has 2 aliphatic heterocycles. The Morgan fingerprint density at radius 3 is 2.68 bits per heavy atom. The number of thiocarbonyl (C=S) groups is 1. The van der Waals surface area contributed by atoms with E-state index in [4.69, 9.17) is 17.2 Å². The van der Waals surface area contributed by atoms with Gasteiger partial charge in [0.1, 0.15) is 22.7 Å². The number of fused-ring (bicyclic) bond motifs is 1. The number of benzene rings is 2. The second kappa shape index (κ2) is 7.60. The zero-order valence-corrected chi connectivity index (χ0v) is 17.8. The molecule has 154 valence electrons. The number of nitrogens with zero attached hydrogens (tertiary/aromatic N) is 6. The van der Waals surface area contributed by atoms with E-state index in [0.717, 1.165) is 10.6 Å². The number of nitro groups is 1. The Morgan fingerprint density at radius 1 is 1.16 bits per heavy atom. The molecule has 0 aliphatic carbocycles. The number of non-ortho nitro benzene ring substituents is 1. The Labute approximate surface area is 186 Å². The summed E-state index contributed by atoms with van der Waals surface area (Å²) in [6, 6.07) is 15.4. The zero-order chi connectivity index (χ0) is 21.5. The van der Waals surface area contributed by atoms with Crippen LogP contribution in [0.4, 0.5) is 10.8 Å². The second-order valence-electron chi connectivity index (χ2n) is 6.95.